The van der Waals surface area contributed by atoms with Crippen LogP contribution in [0.4, 0.5) is 0 Å². The molecular weight excluding hydrogens is 332 g/mol. The zero-order valence-electron chi connectivity index (χ0n) is 14.9. The third-order valence-corrected chi connectivity index (χ3v) is 4.06. The molecule has 1 aromatic carbocycles. The molecule has 0 aliphatic heterocycles. The fourth-order valence-corrected chi connectivity index (χ4v) is 2.75. The number of hydrogen-bond acceptors (Lipinski definition) is 4. The van der Waals surface area contributed by atoms with Gasteiger partial charge in [-0.2, -0.15) is 0 Å². The Balaban J connectivity index is 2.09. The minimum Gasteiger partial charge on any atom is -0.480 e. The van der Waals surface area contributed by atoms with E-state index < -0.39 is 24.0 Å². The van der Waals surface area contributed by atoms with Gasteiger partial charge in [0.2, 0.25) is 0 Å². The van der Waals surface area contributed by atoms with Gasteiger partial charge >= 0.3 is 11.9 Å². The molecule has 1 unspecified atom stereocenters. The van der Waals surface area contributed by atoms with E-state index in [1.165, 1.54) is 0 Å². The van der Waals surface area contributed by atoms with Gasteiger partial charge in [0.25, 0.3) is 0 Å². The maximum Gasteiger partial charge on any atom is 0.321 e. The average molecular weight is 356 g/mol. The van der Waals surface area contributed by atoms with E-state index in [1.807, 2.05) is 56.3 Å². The van der Waals surface area contributed by atoms with Crippen LogP contribution in [0.15, 0.2) is 48.7 Å². The second-order valence-electron chi connectivity index (χ2n) is 6.69. The number of nitrogens with one attached hydrogen (secondary N) is 1. The normalized spacial score (nSPS) is 13.3. The fraction of sp³-hybridized carbons (Fsp3) is 0.350. The maximum absolute atomic E-state index is 11.6. The summed E-state index contributed by atoms with van der Waals surface area (Å²) in [6, 6.07) is 11.3. The monoisotopic (exact) mass is 356 g/mol. The first kappa shape index (κ1) is 19.6. The van der Waals surface area contributed by atoms with Crippen LogP contribution >= 0.6 is 0 Å². The molecule has 0 saturated heterocycles. The molecule has 3 N–H and O–H groups in total. The highest BCUT2D eigenvalue weighted by atomic mass is 16.4. The summed E-state index contributed by atoms with van der Waals surface area (Å²) in [4.78, 5) is 27.2. The van der Waals surface area contributed by atoms with Crippen LogP contribution in [0, 0.1) is 5.92 Å². The SMILES string of the molecule is CC(C)C[C@H](NC(Cc1ccc(-c2ccccn2)cc1)C(=O)O)C(=O)O. The lowest BCUT2D eigenvalue weighted by atomic mass is 9.99. The van der Waals surface area contributed by atoms with Crippen molar-refractivity contribution in [3.8, 4) is 11.3 Å². The Morgan fingerprint density at radius 2 is 1.65 bits per heavy atom. The van der Waals surface area contributed by atoms with Crippen LogP contribution in [-0.4, -0.2) is 39.2 Å². The first-order valence-corrected chi connectivity index (χ1v) is 8.59. The first-order chi connectivity index (χ1) is 12.4. The van der Waals surface area contributed by atoms with Crippen LogP contribution < -0.4 is 5.32 Å². The summed E-state index contributed by atoms with van der Waals surface area (Å²) in [6.45, 7) is 3.81. The molecule has 0 spiro atoms. The van der Waals surface area contributed by atoms with Crippen molar-refractivity contribution in [1.82, 2.24) is 10.3 Å². The van der Waals surface area contributed by atoms with Crippen LogP contribution in [0.2, 0.25) is 0 Å². The smallest absolute Gasteiger partial charge is 0.321 e. The zero-order valence-corrected chi connectivity index (χ0v) is 14.9. The fourth-order valence-electron chi connectivity index (χ4n) is 2.75. The van der Waals surface area contributed by atoms with Gasteiger partial charge in [-0.3, -0.25) is 19.9 Å². The minimum absolute atomic E-state index is 0.149. The highest BCUT2D eigenvalue weighted by Gasteiger charge is 2.26. The number of pyridine rings is 1. The van der Waals surface area contributed by atoms with Gasteiger partial charge in [0.1, 0.15) is 12.1 Å². The lowest BCUT2D eigenvalue weighted by Gasteiger charge is -2.21. The van der Waals surface area contributed by atoms with Crippen LogP contribution in [0.3, 0.4) is 0 Å². The molecule has 2 aromatic rings. The van der Waals surface area contributed by atoms with E-state index in [0.29, 0.717) is 6.42 Å². The molecule has 1 aromatic heterocycles. The Morgan fingerprint density at radius 3 is 2.15 bits per heavy atom. The van der Waals surface area contributed by atoms with E-state index in [2.05, 4.69) is 10.3 Å². The summed E-state index contributed by atoms with van der Waals surface area (Å²) >= 11 is 0. The first-order valence-electron chi connectivity index (χ1n) is 8.59. The van der Waals surface area contributed by atoms with Crippen molar-refractivity contribution in [3.05, 3.63) is 54.2 Å². The van der Waals surface area contributed by atoms with Crippen LogP contribution in [0.5, 0.6) is 0 Å². The third kappa shape index (κ3) is 5.67. The van der Waals surface area contributed by atoms with Gasteiger partial charge in [-0.15, -0.1) is 0 Å². The molecule has 0 aliphatic carbocycles. The molecule has 0 bridgehead atoms. The number of hydrogen-bond donors (Lipinski definition) is 3. The zero-order chi connectivity index (χ0) is 19.1. The molecule has 2 atom stereocenters. The molecule has 138 valence electrons. The van der Waals surface area contributed by atoms with E-state index in [4.69, 9.17) is 0 Å². The molecule has 6 nitrogen and oxygen atoms in total. The molecule has 1 heterocycles. The molecule has 6 heteroatoms. The maximum atomic E-state index is 11.6. The van der Waals surface area contributed by atoms with E-state index >= 15 is 0 Å². The van der Waals surface area contributed by atoms with Crippen molar-refractivity contribution in [2.45, 2.75) is 38.8 Å². The summed E-state index contributed by atoms with van der Waals surface area (Å²) in [6.07, 6.45) is 2.30. The lowest BCUT2D eigenvalue weighted by molar-refractivity contribution is -0.142. The van der Waals surface area contributed by atoms with Crippen molar-refractivity contribution >= 4 is 11.9 Å². The molecule has 2 rings (SSSR count). The number of nitrogens with zero attached hydrogens (tertiary/aromatic N) is 1. The standard InChI is InChI=1S/C20H24N2O4/c1-13(2)11-17(19(23)24)22-18(20(25)26)12-14-6-8-15(9-7-14)16-5-3-4-10-21-16/h3-10,13,17-18,22H,11-12H2,1-2H3,(H,23,24)(H,25,26)/t17-,18?/m0/s1. The number of rotatable bonds is 9. The van der Waals surface area contributed by atoms with Gasteiger partial charge in [-0.1, -0.05) is 44.2 Å². The Morgan fingerprint density at radius 1 is 1.00 bits per heavy atom. The molecular formula is C20H24N2O4. The molecule has 0 saturated carbocycles. The van der Waals surface area contributed by atoms with E-state index in [1.54, 1.807) is 6.20 Å². The summed E-state index contributed by atoms with van der Waals surface area (Å²) < 4.78 is 0. The average Bonchev–Trinajstić information content (AvgIpc) is 2.61. The van der Waals surface area contributed by atoms with E-state index in [9.17, 15) is 19.8 Å². The Bertz CT molecular complexity index is 729. The predicted molar refractivity (Wildman–Crippen MR) is 98.8 cm³/mol. The van der Waals surface area contributed by atoms with Gasteiger partial charge in [-0.05, 0) is 36.5 Å². The summed E-state index contributed by atoms with van der Waals surface area (Å²) in [5.74, 6) is -1.94. The predicted octanol–water partition coefficient (Wildman–Crippen LogP) is 2.83. The van der Waals surface area contributed by atoms with Gasteiger partial charge < -0.3 is 10.2 Å². The number of carboxylic acids is 2. The molecule has 0 amide bonds. The van der Waals surface area contributed by atoms with Gasteiger partial charge in [0.15, 0.2) is 0 Å². The van der Waals surface area contributed by atoms with Crippen molar-refractivity contribution in [2.24, 2.45) is 5.92 Å². The minimum atomic E-state index is -1.06. The van der Waals surface area contributed by atoms with Crippen LogP contribution in [0.1, 0.15) is 25.8 Å². The topological polar surface area (TPSA) is 99.5 Å². The number of aromatic nitrogens is 1. The summed E-state index contributed by atoms with van der Waals surface area (Å²) in [7, 11) is 0. The molecule has 0 radical (unpaired) electrons. The number of aliphatic carboxylic acids is 2. The second kappa shape index (κ2) is 9.10. The van der Waals surface area contributed by atoms with Crippen LogP contribution in [-0.2, 0) is 16.0 Å². The van der Waals surface area contributed by atoms with Crippen molar-refractivity contribution in [3.63, 3.8) is 0 Å². The lowest BCUT2D eigenvalue weighted by Crippen LogP contribution is -2.48. The highest BCUT2D eigenvalue weighted by Crippen LogP contribution is 2.18. The highest BCUT2D eigenvalue weighted by molar-refractivity contribution is 5.77. The largest absolute Gasteiger partial charge is 0.480 e. The molecule has 26 heavy (non-hydrogen) atoms. The van der Waals surface area contributed by atoms with Crippen LogP contribution in [0.25, 0.3) is 11.3 Å². The van der Waals surface area contributed by atoms with Gasteiger partial charge in [0, 0.05) is 11.8 Å². The Labute approximate surface area is 152 Å². The summed E-state index contributed by atoms with van der Waals surface area (Å²) in [5, 5.41) is 21.6. The van der Waals surface area contributed by atoms with Gasteiger partial charge in [-0.25, -0.2) is 0 Å². The second-order valence-corrected chi connectivity index (χ2v) is 6.69. The quantitative estimate of drug-likeness (QED) is 0.639. The van der Waals surface area contributed by atoms with Gasteiger partial charge in [0.05, 0.1) is 5.69 Å². The van der Waals surface area contributed by atoms with Crippen molar-refractivity contribution in [2.75, 3.05) is 0 Å². The Hall–Kier alpha value is -2.73. The number of carbonyl (C=O) groups is 2. The third-order valence-electron chi connectivity index (χ3n) is 4.06. The van der Waals surface area contributed by atoms with Crippen molar-refractivity contribution in [1.29, 1.82) is 0 Å². The Kier molecular flexibility index (Phi) is 6.86. The molecule has 0 fully saturated rings. The van der Waals surface area contributed by atoms with E-state index in [0.717, 1.165) is 16.8 Å². The van der Waals surface area contributed by atoms with Crippen molar-refractivity contribution < 1.29 is 19.8 Å². The number of carboxylic acid groups (broad SMARTS) is 2. The number of benzene rings is 1. The molecule has 0 aliphatic rings. The summed E-state index contributed by atoms with van der Waals surface area (Å²) in [5.41, 5.74) is 2.60. The van der Waals surface area contributed by atoms with E-state index in [-0.39, 0.29) is 12.3 Å².